The van der Waals surface area contributed by atoms with Gasteiger partial charge in [-0.3, -0.25) is 19.2 Å². The second-order valence-corrected chi connectivity index (χ2v) is 7.70. The van der Waals surface area contributed by atoms with E-state index >= 15 is 0 Å². The number of hydrogen-bond donors (Lipinski definition) is 2. The molecule has 1 amide bonds. The second-order valence-electron chi connectivity index (χ2n) is 6.02. The number of sulfonamides is 1. The minimum atomic E-state index is -4.01. The molecule has 2 aromatic carbocycles. The number of fused-ring (bicyclic) bond motifs is 1. The first kappa shape index (κ1) is 18.6. The highest BCUT2D eigenvalue weighted by atomic mass is 32.2. The van der Waals surface area contributed by atoms with Gasteiger partial charge in [-0.2, -0.15) is 0 Å². The van der Waals surface area contributed by atoms with Crippen LogP contribution < -0.4 is 10.0 Å². The molecule has 2 aromatic heterocycles. The third kappa shape index (κ3) is 3.78. The molecule has 0 bridgehead atoms. The van der Waals surface area contributed by atoms with E-state index in [1.54, 1.807) is 28.8 Å². The highest BCUT2D eigenvalue weighted by molar-refractivity contribution is 7.92. The third-order valence-corrected chi connectivity index (χ3v) is 5.47. The van der Waals surface area contributed by atoms with Crippen LogP contribution in [0.5, 0.6) is 0 Å². The zero-order chi connectivity index (χ0) is 20.4. The largest absolute Gasteiger partial charge is 0.290 e. The molecular weight excluding hydrogens is 397 g/mol. The van der Waals surface area contributed by atoms with Gasteiger partial charge in [-0.05, 0) is 48.5 Å². The molecule has 0 radical (unpaired) electrons. The standard InChI is InChI=1S/C19H14FN5O3S/c20-15-5-1-2-6-16(15)24-29(27,28)14-10-8-13(9-11-14)18(26)21-19-23-22-17-7-3-4-12-25(17)19/h1-12,24H,(H,21,23,26). The van der Waals surface area contributed by atoms with E-state index in [2.05, 4.69) is 20.2 Å². The summed E-state index contributed by atoms with van der Waals surface area (Å²) in [5, 5.41) is 10.5. The number of hydrogen-bond acceptors (Lipinski definition) is 5. The van der Waals surface area contributed by atoms with Crippen LogP contribution in [0.4, 0.5) is 16.0 Å². The van der Waals surface area contributed by atoms with Crippen LogP contribution in [0.15, 0.2) is 77.8 Å². The van der Waals surface area contributed by atoms with E-state index in [1.165, 1.54) is 42.5 Å². The van der Waals surface area contributed by atoms with Gasteiger partial charge in [0.25, 0.3) is 15.9 Å². The second kappa shape index (κ2) is 7.32. The third-order valence-electron chi connectivity index (χ3n) is 4.08. The summed E-state index contributed by atoms with van der Waals surface area (Å²) in [5.74, 6) is -0.926. The number of aromatic nitrogens is 3. The fourth-order valence-corrected chi connectivity index (χ4v) is 3.70. The maximum atomic E-state index is 13.7. The Bertz CT molecular complexity index is 1300. The van der Waals surface area contributed by atoms with Crippen molar-refractivity contribution in [2.24, 2.45) is 0 Å². The summed E-state index contributed by atoms with van der Waals surface area (Å²) in [6.45, 7) is 0. The van der Waals surface area contributed by atoms with Crippen molar-refractivity contribution in [3.8, 4) is 0 Å². The monoisotopic (exact) mass is 411 g/mol. The number of halogens is 1. The summed E-state index contributed by atoms with van der Waals surface area (Å²) in [5.41, 5.74) is 0.638. The van der Waals surface area contributed by atoms with E-state index < -0.39 is 21.7 Å². The molecule has 8 nitrogen and oxygen atoms in total. The lowest BCUT2D eigenvalue weighted by Crippen LogP contribution is -2.16. The van der Waals surface area contributed by atoms with E-state index in [9.17, 15) is 17.6 Å². The number of benzene rings is 2. The summed E-state index contributed by atoms with van der Waals surface area (Å²) in [4.78, 5) is 12.3. The van der Waals surface area contributed by atoms with Crippen molar-refractivity contribution in [2.75, 3.05) is 10.0 Å². The van der Waals surface area contributed by atoms with Crippen molar-refractivity contribution in [1.29, 1.82) is 0 Å². The highest BCUT2D eigenvalue weighted by Gasteiger charge is 2.17. The molecular formula is C19H14FN5O3S. The molecule has 2 heterocycles. The molecule has 4 aromatic rings. The van der Waals surface area contributed by atoms with Gasteiger partial charge < -0.3 is 0 Å². The Labute approximate surface area is 165 Å². The van der Waals surface area contributed by atoms with Crippen LogP contribution in [-0.4, -0.2) is 28.9 Å². The van der Waals surface area contributed by atoms with Gasteiger partial charge in [0, 0.05) is 11.8 Å². The van der Waals surface area contributed by atoms with Gasteiger partial charge in [-0.25, -0.2) is 12.8 Å². The van der Waals surface area contributed by atoms with E-state index in [-0.39, 0.29) is 22.1 Å². The molecule has 4 rings (SSSR count). The number of anilines is 2. The normalized spacial score (nSPS) is 11.3. The molecule has 0 aliphatic rings. The molecule has 2 N–H and O–H groups in total. The van der Waals surface area contributed by atoms with Gasteiger partial charge in [0.1, 0.15) is 5.82 Å². The number of amides is 1. The molecule has 0 aliphatic heterocycles. The zero-order valence-corrected chi connectivity index (χ0v) is 15.6. The maximum Gasteiger partial charge on any atom is 0.261 e. The molecule has 146 valence electrons. The molecule has 0 saturated heterocycles. The van der Waals surface area contributed by atoms with E-state index in [0.29, 0.717) is 5.65 Å². The van der Waals surface area contributed by atoms with Crippen LogP contribution in [0.1, 0.15) is 10.4 Å². The Hall–Kier alpha value is -3.79. The van der Waals surface area contributed by atoms with E-state index in [0.717, 1.165) is 6.07 Å². The lowest BCUT2D eigenvalue weighted by Gasteiger charge is -2.09. The maximum absolute atomic E-state index is 13.7. The quantitative estimate of drug-likeness (QED) is 0.525. The van der Waals surface area contributed by atoms with Crippen LogP contribution in [0.25, 0.3) is 5.65 Å². The minimum Gasteiger partial charge on any atom is -0.290 e. The van der Waals surface area contributed by atoms with Gasteiger partial charge in [-0.15, -0.1) is 10.2 Å². The molecule has 0 fully saturated rings. The topological polar surface area (TPSA) is 105 Å². The number of nitrogens with one attached hydrogen (secondary N) is 2. The molecule has 0 atom stereocenters. The van der Waals surface area contributed by atoms with Crippen LogP contribution in [0.2, 0.25) is 0 Å². The Morgan fingerprint density at radius 2 is 1.66 bits per heavy atom. The lowest BCUT2D eigenvalue weighted by molar-refractivity contribution is 0.102. The molecule has 10 heteroatoms. The molecule has 0 unspecified atom stereocenters. The van der Waals surface area contributed by atoms with Gasteiger partial charge in [0.2, 0.25) is 5.95 Å². The SMILES string of the molecule is O=C(Nc1nnc2ccccn12)c1ccc(S(=O)(=O)Nc2ccccc2F)cc1. The van der Waals surface area contributed by atoms with Gasteiger partial charge >= 0.3 is 0 Å². The number of pyridine rings is 1. The van der Waals surface area contributed by atoms with Gasteiger partial charge in [0.15, 0.2) is 5.65 Å². The van der Waals surface area contributed by atoms with E-state index in [1.807, 2.05) is 0 Å². The van der Waals surface area contributed by atoms with Crippen molar-refractivity contribution < 1.29 is 17.6 Å². The predicted molar refractivity (Wildman–Crippen MR) is 105 cm³/mol. The van der Waals surface area contributed by atoms with Crippen molar-refractivity contribution in [2.45, 2.75) is 4.90 Å². The van der Waals surface area contributed by atoms with Crippen molar-refractivity contribution >= 4 is 33.2 Å². The summed E-state index contributed by atoms with van der Waals surface area (Å²) in [7, 11) is -4.01. The van der Waals surface area contributed by atoms with Crippen LogP contribution in [-0.2, 0) is 10.0 Å². The summed E-state index contributed by atoms with van der Waals surface area (Å²) >= 11 is 0. The Morgan fingerprint density at radius 3 is 2.41 bits per heavy atom. The van der Waals surface area contributed by atoms with Crippen molar-refractivity contribution in [1.82, 2.24) is 14.6 Å². The zero-order valence-electron chi connectivity index (χ0n) is 14.8. The van der Waals surface area contributed by atoms with Gasteiger partial charge in [0.05, 0.1) is 10.6 Å². The summed E-state index contributed by atoms with van der Waals surface area (Å²) in [6.07, 6.45) is 1.70. The fraction of sp³-hybridized carbons (Fsp3) is 0. The Kier molecular flexibility index (Phi) is 4.69. The number of rotatable bonds is 5. The predicted octanol–water partition coefficient (Wildman–Crippen LogP) is 2.92. The average molecular weight is 411 g/mol. The minimum absolute atomic E-state index is 0.106. The van der Waals surface area contributed by atoms with Gasteiger partial charge in [-0.1, -0.05) is 18.2 Å². The average Bonchev–Trinajstić information content (AvgIpc) is 3.13. The van der Waals surface area contributed by atoms with Crippen LogP contribution in [0, 0.1) is 5.82 Å². The Balaban J connectivity index is 1.52. The highest BCUT2D eigenvalue weighted by Crippen LogP contribution is 2.19. The number of nitrogens with zero attached hydrogens (tertiary/aromatic N) is 3. The van der Waals surface area contributed by atoms with Crippen molar-refractivity contribution in [3.63, 3.8) is 0 Å². The fourth-order valence-electron chi connectivity index (χ4n) is 2.63. The lowest BCUT2D eigenvalue weighted by atomic mass is 10.2. The molecule has 0 spiro atoms. The summed E-state index contributed by atoms with van der Waals surface area (Å²) < 4.78 is 42.4. The smallest absolute Gasteiger partial charge is 0.261 e. The first-order valence-corrected chi connectivity index (χ1v) is 9.91. The number of carbonyl (C=O) groups is 1. The molecule has 0 aliphatic carbocycles. The molecule has 0 saturated carbocycles. The van der Waals surface area contributed by atoms with E-state index in [4.69, 9.17) is 0 Å². The summed E-state index contributed by atoms with van der Waals surface area (Å²) in [6, 6.07) is 16.0. The number of para-hydroxylation sites is 1. The van der Waals surface area contributed by atoms with Crippen molar-refractivity contribution in [3.05, 3.63) is 84.3 Å². The first-order valence-electron chi connectivity index (χ1n) is 8.42. The van der Waals surface area contributed by atoms with Crippen LogP contribution >= 0.6 is 0 Å². The first-order chi connectivity index (χ1) is 13.9. The molecule has 29 heavy (non-hydrogen) atoms. The Morgan fingerprint density at radius 1 is 0.931 bits per heavy atom. The van der Waals surface area contributed by atoms with Crippen LogP contribution in [0.3, 0.4) is 0 Å². The number of carbonyl (C=O) groups excluding carboxylic acids is 1.